The molecule has 0 bridgehead atoms. The van der Waals surface area contributed by atoms with Gasteiger partial charge in [0.15, 0.2) is 0 Å². The van der Waals surface area contributed by atoms with Crippen LogP contribution in [-0.2, 0) is 0 Å². The van der Waals surface area contributed by atoms with Gasteiger partial charge in [-0.2, -0.15) is 0 Å². The van der Waals surface area contributed by atoms with E-state index in [4.69, 9.17) is 9.72 Å². The molecular weight excluding hydrogens is 344 g/mol. The Labute approximate surface area is 158 Å². The summed E-state index contributed by atoms with van der Waals surface area (Å²) in [6.45, 7) is 3.89. The number of benzene rings is 1. The number of nitrogens with zero attached hydrogens (tertiary/aromatic N) is 4. The number of rotatable bonds is 4. The Balaban J connectivity index is 1.70. The third-order valence-electron chi connectivity index (χ3n) is 5.21. The lowest BCUT2D eigenvalue weighted by Gasteiger charge is -2.25. The molecule has 2 atom stereocenters. The minimum absolute atomic E-state index is 0.430. The molecular formula is C20H24N4OS. The Morgan fingerprint density at radius 1 is 1.12 bits per heavy atom. The number of hydrogen-bond donors (Lipinski definition) is 0. The molecule has 0 radical (unpaired) electrons. The smallest absolute Gasteiger partial charge is 0.141 e. The molecule has 6 heteroatoms. The fraction of sp³-hybridized carbons (Fsp3) is 0.400. The standard InChI is InChI=1S/C20H24N4OS/c1-13-21-19(16-9-10-26-20(16)22-13)24-11-17(18(12-24)23(2)3)14-5-7-15(25-4)8-6-14/h5-10,17-18H,11-12H2,1-4H3/t17-,18+/m0/s1. The van der Waals surface area contributed by atoms with E-state index in [9.17, 15) is 0 Å². The molecule has 5 nitrogen and oxygen atoms in total. The highest BCUT2D eigenvalue weighted by Crippen LogP contribution is 2.36. The third kappa shape index (κ3) is 3.04. The Bertz CT molecular complexity index is 906. The van der Waals surface area contributed by atoms with Crippen molar-refractivity contribution in [1.82, 2.24) is 14.9 Å². The van der Waals surface area contributed by atoms with E-state index < -0.39 is 0 Å². The highest BCUT2D eigenvalue weighted by molar-refractivity contribution is 7.16. The molecule has 136 valence electrons. The van der Waals surface area contributed by atoms with Crippen LogP contribution < -0.4 is 9.64 Å². The molecule has 3 heterocycles. The molecule has 0 aliphatic carbocycles. The predicted octanol–water partition coefficient (Wildman–Crippen LogP) is 3.54. The van der Waals surface area contributed by atoms with Crippen LogP contribution in [0.2, 0.25) is 0 Å². The molecule has 4 rings (SSSR count). The van der Waals surface area contributed by atoms with Crippen LogP contribution in [0, 0.1) is 6.92 Å². The number of aryl methyl sites for hydroxylation is 1. The quantitative estimate of drug-likeness (QED) is 0.704. The van der Waals surface area contributed by atoms with Crippen molar-refractivity contribution in [3.63, 3.8) is 0 Å². The second-order valence-corrected chi connectivity index (χ2v) is 7.94. The Morgan fingerprint density at radius 2 is 1.88 bits per heavy atom. The van der Waals surface area contributed by atoms with Crippen LogP contribution in [0.1, 0.15) is 17.3 Å². The second kappa shape index (κ2) is 6.85. The van der Waals surface area contributed by atoms with E-state index in [0.29, 0.717) is 12.0 Å². The van der Waals surface area contributed by atoms with E-state index in [2.05, 4.69) is 64.6 Å². The fourth-order valence-corrected chi connectivity index (χ4v) is 4.65. The maximum atomic E-state index is 5.31. The van der Waals surface area contributed by atoms with E-state index in [1.807, 2.05) is 6.92 Å². The molecule has 2 aromatic heterocycles. The Hall–Kier alpha value is -2.18. The number of aromatic nitrogens is 2. The first-order valence-corrected chi connectivity index (χ1v) is 9.72. The Kier molecular flexibility index (Phi) is 4.54. The first-order valence-electron chi connectivity index (χ1n) is 8.84. The number of fused-ring (bicyclic) bond motifs is 1. The topological polar surface area (TPSA) is 41.5 Å². The van der Waals surface area contributed by atoms with Crippen molar-refractivity contribution in [2.75, 3.05) is 39.2 Å². The fourth-order valence-electron chi connectivity index (χ4n) is 3.85. The molecule has 3 aromatic rings. The van der Waals surface area contributed by atoms with Gasteiger partial charge in [0.05, 0.1) is 12.5 Å². The van der Waals surface area contributed by atoms with Crippen LogP contribution >= 0.6 is 11.3 Å². The lowest BCUT2D eigenvalue weighted by molar-refractivity contribution is 0.292. The van der Waals surface area contributed by atoms with Crippen LogP contribution in [0.15, 0.2) is 35.7 Å². The third-order valence-corrected chi connectivity index (χ3v) is 6.02. The number of ether oxygens (including phenoxy) is 1. The van der Waals surface area contributed by atoms with Crippen LogP contribution in [0.5, 0.6) is 5.75 Å². The summed E-state index contributed by atoms with van der Waals surface area (Å²) >= 11 is 1.68. The largest absolute Gasteiger partial charge is 0.497 e. The summed E-state index contributed by atoms with van der Waals surface area (Å²) < 4.78 is 5.31. The van der Waals surface area contributed by atoms with Gasteiger partial charge in [-0.1, -0.05) is 12.1 Å². The van der Waals surface area contributed by atoms with Gasteiger partial charge in [0.2, 0.25) is 0 Å². The van der Waals surface area contributed by atoms with Gasteiger partial charge in [-0.15, -0.1) is 11.3 Å². The van der Waals surface area contributed by atoms with Gasteiger partial charge >= 0.3 is 0 Å². The van der Waals surface area contributed by atoms with Crippen molar-refractivity contribution in [3.05, 3.63) is 47.1 Å². The Morgan fingerprint density at radius 3 is 2.58 bits per heavy atom. The molecule has 1 aromatic carbocycles. The number of thiophene rings is 1. The minimum atomic E-state index is 0.430. The van der Waals surface area contributed by atoms with Gasteiger partial charge in [0, 0.05) is 25.0 Å². The zero-order valence-electron chi connectivity index (χ0n) is 15.6. The van der Waals surface area contributed by atoms with Crippen LogP contribution in [0.4, 0.5) is 5.82 Å². The van der Waals surface area contributed by atoms with Crippen molar-refractivity contribution in [1.29, 1.82) is 0 Å². The molecule has 0 amide bonds. The zero-order valence-corrected chi connectivity index (χ0v) is 16.5. The summed E-state index contributed by atoms with van der Waals surface area (Å²) in [5.74, 6) is 3.23. The van der Waals surface area contributed by atoms with Crippen molar-refractivity contribution in [2.24, 2.45) is 0 Å². The van der Waals surface area contributed by atoms with E-state index >= 15 is 0 Å². The summed E-state index contributed by atoms with van der Waals surface area (Å²) in [6.07, 6.45) is 0. The average molecular weight is 369 g/mol. The van der Waals surface area contributed by atoms with Crippen molar-refractivity contribution in [2.45, 2.75) is 18.9 Å². The van der Waals surface area contributed by atoms with Gasteiger partial charge in [-0.25, -0.2) is 9.97 Å². The summed E-state index contributed by atoms with van der Waals surface area (Å²) in [5, 5.41) is 3.26. The number of methoxy groups -OCH3 is 1. The molecule has 0 spiro atoms. The SMILES string of the molecule is COc1ccc([C@@H]2CN(c3nc(C)nc4sccc34)C[C@H]2N(C)C)cc1. The van der Waals surface area contributed by atoms with E-state index in [1.54, 1.807) is 18.4 Å². The van der Waals surface area contributed by atoms with Crippen molar-refractivity contribution >= 4 is 27.4 Å². The van der Waals surface area contributed by atoms with Crippen molar-refractivity contribution < 1.29 is 4.74 Å². The summed E-state index contributed by atoms with van der Waals surface area (Å²) in [4.78, 5) is 15.2. The van der Waals surface area contributed by atoms with Crippen LogP contribution in [0.3, 0.4) is 0 Å². The number of likely N-dealkylation sites (N-methyl/N-ethyl adjacent to an activating group) is 1. The van der Waals surface area contributed by atoms with Crippen LogP contribution in [-0.4, -0.2) is 55.2 Å². The van der Waals surface area contributed by atoms with Crippen LogP contribution in [0.25, 0.3) is 10.2 Å². The van der Waals surface area contributed by atoms with E-state index in [0.717, 1.165) is 40.7 Å². The summed E-state index contributed by atoms with van der Waals surface area (Å²) in [7, 11) is 6.03. The first-order chi connectivity index (χ1) is 12.6. The molecule has 1 fully saturated rings. The minimum Gasteiger partial charge on any atom is -0.497 e. The molecule has 1 aliphatic rings. The number of hydrogen-bond acceptors (Lipinski definition) is 6. The predicted molar refractivity (Wildman–Crippen MR) is 108 cm³/mol. The molecule has 1 aliphatic heterocycles. The zero-order chi connectivity index (χ0) is 18.3. The first kappa shape index (κ1) is 17.2. The molecule has 26 heavy (non-hydrogen) atoms. The van der Waals surface area contributed by atoms with E-state index in [1.165, 1.54) is 5.56 Å². The van der Waals surface area contributed by atoms with Gasteiger partial charge in [-0.05, 0) is 50.2 Å². The summed E-state index contributed by atoms with van der Waals surface area (Å²) in [6, 6.07) is 11.1. The average Bonchev–Trinajstić information content (AvgIpc) is 3.28. The summed E-state index contributed by atoms with van der Waals surface area (Å²) in [5.41, 5.74) is 1.35. The molecule has 1 saturated heterocycles. The number of anilines is 1. The van der Waals surface area contributed by atoms with Gasteiger partial charge in [-0.3, -0.25) is 0 Å². The highest BCUT2D eigenvalue weighted by atomic mass is 32.1. The molecule has 0 N–H and O–H groups in total. The van der Waals surface area contributed by atoms with Crippen molar-refractivity contribution in [3.8, 4) is 5.75 Å². The highest BCUT2D eigenvalue weighted by Gasteiger charge is 2.36. The molecule has 0 saturated carbocycles. The van der Waals surface area contributed by atoms with Gasteiger partial charge in [0.25, 0.3) is 0 Å². The normalized spacial score (nSPS) is 20.3. The van der Waals surface area contributed by atoms with Gasteiger partial charge in [0.1, 0.15) is 22.2 Å². The lowest BCUT2D eigenvalue weighted by Crippen LogP contribution is -2.34. The second-order valence-electron chi connectivity index (χ2n) is 7.05. The van der Waals surface area contributed by atoms with E-state index in [-0.39, 0.29) is 0 Å². The monoisotopic (exact) mass is 368 g/mol. The van der Waals surface area contributed by atoms with Gasteiger partial charge < -0.3 is 14.5 Å². The lowest BCUT2D eigenvalue weighted by atomic mass is 9.93. The molecule has 0 unspecified atom stereocenters. The maximum absolute atomic E-state index is 5.31. The maximum Gasteiger partial charge on any atom is 0.141 e.